The van der Waals surface area contributed by atoms with E-state index in [0.29, 0.717) is 6.04 Å². The molecule has 3 nitrogen and oxygen atoms in total. The molecule has 20 heavy (non-hydrogen) atoms. The molecule has 1 N–H and O–H groups in total. The summed E-state index contributed by atoms with van der Waals surface area (Å²) in [5.41, 5.74) is 1.58. The van der Waals surface area contributed by atoms with E-state index in [2.05, 4.69) is 61.4 Å². The van der Waals surface area contributed by atoms with Crippen molar-refractivity contribution >= 4 is 0 Å². The summed E-state index contributed by atoms with van der Waals surface area (Å²) in [7, 11) is 2.08. The number of likely N-dealkylation sites (N-methyl/N-ethyl adjacent to an activating group) is 1. The van der Waals surface area contributed by atoms with E-state index in [9.17, 15) is 0 Å². The summed E-state index contributed by atoms with van der Waals surface area (Å²) in [6, 6.07) is 11.2. The Kier molecular flexibility index (Phi) is 5.58. The first-order valence-electron chi connectivity index (χ1n) is 7.68. The highest BCUT2D eigenvalue weighted by atomic mass is 16.5. The van der Waals surface area contributed by atoms with Gasteiger partial charge in [-0.1, -0.05) is 30.3 Å². The van der Waals surface area contributed by atoms with Gasteiger partial charge in [0.2, 0.25) is 0 Å². The maximum atomic E-state index is 5.48. The fraction of sp³-hybridized carbons (Fsp3) is 0.647. The zero-order chi connectivity index (χ0) is 14.4. The van der Waals surface area contributed by atoms with Gasteiger partial charge in [-0.05, 0) is 39.3 Å². The zero-order valence-electron chi connectivity index (χ0n) is 13.1. The molecule has 1 aromatic carbocycles. The fourth-order valence-electron chi connectivity index (χ4n) is 3.17. The van der Waals surface area contributed by atoms with E-state index in [-0.39, 0.29) is 5.54 Å². The number of hydrogen-bond acceptors (Lipinski definition) is 3. The molecule has 1 aliphatic rings. The van der Waals surface area contributed by atoms with Crippen molar-refractivity contribution in [2.75, 3.05) is 33.4 Å². The van der Waals surface area contributed by atoms with Crippen molar-refractivity contribution in [3.63, 3.8) is 0 Å². The van der Waals surface area contributed by atoms with Crippen LogP contribution in [0.2, 0.25) is 0 Å². The molecule has 0 aromatic heterocycles. The van der Waals surface area contributed by atoms with Crippen LogP contribution in [-0.2, 0) is 11.2 Å². The molecule has 0 spiro atoms. The average Bonchev–Trinajstić information content (AvgIpc) is 2.49. The number of rotatable bonds is 6. The Labute approximate surface area is 123 Å². The Morgan fingerprint density at radius 1 is 1.20 bits per heavy atom. The molecule has 1 heterocycles. The van der Waals surface area contributed by atoms with Crippen LogP contribution < -0.4 is 5.32 Å². The Balaban J connectivity index is 1.95. The number of nitrogens with one attached hydrogen (secondary N) is 1. The molecule has 1 saturated heterocycles. The first-order chi connectivity index (χ1) is 9.64. The molecular weight excluding hydrogens is 248 g/mol. The molecule has 0 radical (unpaired) electrons. The van der Waals surface area contributed by atoms with Gasteiger partial charge in [0, 0.05) is 24.7 Å². The Morgan fingerprint density at radius 3 is 2.45 bits per heavy atom. The predicted molar refractivity (Wildman–Crippen MR) is 84.1 cm³/mol. The van der Waals surface area contributed by atoms with E-state index < -0.39 is 0 Å². The second-order valence-electron chi connectivity index (χ2n) is 6.12. The minimum Gasteiger partial charge on any atom is -0.379 e. The van der Waals surface area contributed by atoms with Crippen LogP contribution in [0, 0.1) is 0 Å². The van der Waals surface area contributed by atoms with Gasteiger partial charge in [0.15, 0.2) is 0 Å². The molecule has 0 bridgehead atoms. The van der Waals surface area contributed by atoms with Crippen LogP contribution in [0.1, 0.15) is 25.8 Å². The Morgan fingerprint density at radius 2 is 1.85 bits per heavy atom. The number of morpholine rings is 1. The molecule has 1 atom stereocenters. The van der Waals surface area contributed by atoms with Gasteiger partial charge in [-0.15, -0.1) is 0 Å². The summed E-state index contributed by atoms with van der Waals surface area (Å²) >= 11 is 0. The van der Waals surface area contributed by atoms with Crippen LogP contribution in [0.3, 0.4) is 0 Å². The van der Waals surface area contributed by atoms with Crippen LogP contribution >= 0.6 is 0 Å². The first kappa shape index (κ1) is 15.5. The normalized spacial score (nSPS) is 18.9. The quantitative estimate of drug-likeness (QED) is 0.863. The van der Waals surface area contributed by atoms with Gasteiger partial charge in [-0.3, -0.25) is 4.90 Å². The lowest BCUT2D eigenvalue weighted by Crippen LogP contribution is -2.59. The smallest absolute Gasteiger partial charge is 0.0594 e. The second-order valence-corrected chi connectivity index (χ2v) is 6.12. The lowest BCUT2D eigenvalue weighted by atomic mass is 9.87. The van der Waals surface area contributed by atoms with E-state index in [0.717, 1.165) is 39.1 Å². The number of hydrogen-bond donors (Lipinski definition) is 1. The van der Waals surface area contributed by atoms with Crippen molar-refractivity contribution in [2.24, 2.45) is 0 Å². The second kappa shape index (κ2) is 7.21. The minimum atomic E-state index is 0.160. The van der Waals surface area contributed by atoms with Gasteiger partial charge >= 0.3 is 0 Å². The van der Waals surface area contributed by atoms with Crippen molar-refractivity contribution in [3.05, 3.63) is 35.9 Å². The SMILES string of the molecule is CNC(CCc1ccccc1)C(C)(C)N1CCOCC1. The van der Waals surface area contributed by atoms with Crippen molar-refractivity contribution in [3.8, 4) is 0 Å². The van der Waals surface area contributed by atoms with Crippen LogP contribution in [0.25, 0.3) is 0 Å². The third-order valence-corrected chi connectivity index (χ3v) is 4.59. The molecule has 1 fully saturated rings. The van der Waals surface area contributed by atoms with Crippen molar-refractivity contribution in [2.45, 2.75) is 38.3 Å². The number of nitrogens with zero attached hydrogens (tertiary/aromatic N) is 1. The van der Waals surface area contributed by atoms with Gasteiger partial charge in [0.05, 0.1) is 13.2 Å². The first-order valence-corrected chi connectivity index (χ1v) is 7.68. The highest BCUT2D eigenvalue weighted by Crippen LogP contribution is 2.23. The largest absolute Gasteiger partial charge is 0.379 e. The van der Waals surface area contributed by atoms with E-state index in [4.69, 9.17) is 4.74 Å². The third kappa shape index (κ3) is 3.81. The van der Waals surface area contributed by atoms with E-state index in [1.54, 1.807) is 0 Å². The maximum Gasteiger partial charge on any atom is 0.0594 e. The van der Waals surface area contributed by atoms with E-state index in [1.807, 2.05) is 0 Å². The van der Waals surface area contributed by atoms with Crippen LogP contribution in [0.4, 0.5) is 0 Å². The highest BCUT2D eigenvalue weighted by Gasteiger charge is 2.34. The standard InChI is InChI=1S/C17H28N2O/c1-17(2,19-11-13-20-14-12-19)16(18-3)10-9-15-7-5-4-6-8-15/h4-8,16,18H,9-14H2,1-3H3. The molecule has 2 rings (SSSR count). The lowest BCUT2D eigenvalue weighted by Gasteiger charge is -2.46. The summed E-state index contributed by atoms with van der Waals surface area (Å²) in [5.74, 6) is 0. The van der Waals surface area contributed by atoms with Crippen LogP contribution in [0.15, 0.2) is 30.3 Å². The van der Waals surface area contributed by atoms with Gasteiger partial charge in [0.1, 0.15) is 0 Å². The van der Waals surface area contributed by atoms with Gasteiger partial charge in [0.25, 0.3) is 0 Å². The summed E-state index contributed by atoms with van der Waals surface area (Å²) in [6.45, 7) is 8.50. The molecule has 0 saturated carbocycles. The fourth-order valence-corrected chi connectivity index (χ4v) is 3.17. The third-order valence-electron chi connectivity index (χ3n) is 4.59. The van der Waals surface area contributed by atoms with Crippen molar-refractivity contribution in [1.82, 2.24) is 10.2 Å². The monoisotopic (exact) mass is 276 g/mol. The summed E-state index contributed by atoms with van der Waals surface area (Å²) in [5, 5.41) is 3.53. The number of ether oxygens (including phenoxy) is 1. The number of aryl methyl sites for hydroxylation is 1. The maximum absolute atomic E-state index is 5.48. The topological polar surface area (TPSA) is 24.5 Å². The molecule has 0 amide bonds. The highest BCUT2D eigenvalue weighted by molar-refractivity contribution is 5.15. The van der Waals surface area contributed by atoms with Crippen LogP contribution in [0.5, 0.6) is 0 Å². The molecule has 1 aliphatic heterocycles. The van der Waals surface area contributed by atoms with Crippen molar-refractivity contribution < 1.29 is 4.74 Å². The summed E-state index contributed by atoms with van der Waals surface area (Å²) < 4.78 is 5.48. The van der Waals surface area contributed by atoms with Crippen molar-refractivity contribution in [1.29, 1.82) is 0 Å². The van der Waals surface area contributed by atoms with E-state index >= 15 is 0 Å². The molecule has 112 valence electrons. The lowest BCUT2D eigenvalue weighted by molar-refractivity contribution is -0.0234. The molecule has 3 heteroatoms. The molecule has 1 aromatic rings. The van der Waals surface area contributed by atoms with Gasteiger partial charge < -0.3 is 10.1 Å². The number of benzene rings is 1. The Bertz CT molecular complexity index is 385. The zero-order valence-corrected chi connectivity index (χ0v) is 13.1. The molecule has 0 aliphatic carbocycles. The van der Waals surface area contributed by atoms with Gasteiger partial charge in [-0.2, -0.15) is 0 Å². The average molecular weight is 276 g/mol. The van der Waals surface area contributed by atoms with Crippen LogP contribution in [-0.4, -0.2) is 49.8 Å². The minimum absolute atomic E-state index is 0.160. The Hall–Kier alpha value is -0.900. The van der Waals surface area contributed by atoms with E-state index in [1.165, 1.54) is 5.56 Å². The summed E-state index contributed by atoms with van der Waals surface area (Å²) in [4.78, 5) is 2.56. The predicted octanol–water partition coefficient (Wildman–Crippen LogP) is 2.32. The van der Waals surface area contributed by atoms with Gasteiger partial charge in [-0.25, -0.2) is 0 Å². The summed E-state index contributed by atoms with van der Waals surface area (Å²) in [6.07, 6.45) is 2.28. The molecular formula is C17H28N2O. The molecule has 1 unspecified atom stereocenters.